The number of esters is 1. The Kier molecular flexibility index (Phi) is 7.02. The molecule has 0 fully saturated rings. The van der Waals surface area contributed by atoms with E-state index in [4.69, 9.17) is 0 Å². The molecule has 132 valence electrons. The van der Waals surface area contributed by atoms with E-state index >= 15 is 0 Å². The Morgan fingerprint density at radius 3 is 2.17 bits per heavy atom. The fourth-order valence-electron chi connectivity index (χ4n) is 1.54. The summed E-state index contributed by atoms with van der Waals surface area (Å²) in [6.45, 7) is 1.02. The topological polar surface area (TPSA) is 96.5 Å². The van der Waals surface area contributed by atoms with Crippen LogP contribution in [0.25, 0.3) is 0 Å². The number of urea groups is 1. The van der Waals surface area contributed by atoms with Gasteiger partial charge in [0, 0.05) is 5.69 Å². The standard InChI is InChI=1S/C14H16F3N3O4/c1-2-24-12(22)8-19-13(23)18-7-11(21)20-10-5-3-9(4-6-10)14(15,16)17/h3-6H,2,7-8H2,1H3,(H,20,21)(H2,18,19,23). The van der Waals surface area contributed by atoms with Crippen LogP contribution in [0.15, 0.2) is 24.3 Å². The van der Waals surface area contributed by atoms with E-state index in [9.17, 15) is 27.6 Å². The number of benzene rings is 1. The second-order valence-electron chi connectivity index (χ2n) is 4.46. The Balaban J connectivity index is 2.36. The Labute approximate surface area is 135 Å². The molecule has 0 radical (unpaired) electrons. The molecule has 0 aliphatic carbocycles. The molecule has 1 rings (SSSR count). The fraction of sp³-hybridized carbons (Fsp3) is 0.357. The van der Waals surface area contributed by atoms with Crippen LogP contribution in [0.2, 0.25) is 0 Å². The Bertz CT molecular complexity index is 588. The van der Waals surface area contributed by atoms with Crippen LogP contribution in [-0.4, -0.2) is 37.6 Å². The number of rotatable bonds is 6. The summed E-state index contributed by atoms with van der Waals surface area (Å²) in [7, 11) is 0. The van der Waals surface area contributed by atoms with Gasteiger partial charge in [-0.3, -0.25) is 9.59 Å². The van der Waals surface area contributed by atoms with E-state index in [1.54, 1.807) is 6.92 Å². The molecule has 0 atom stereocenters. The van der Waals surface area contributed by atoms with E-state index in [2.05, 4.69) is 20.7 Å². The van der Waals surface area contributed by atoms with E-state index < -0.39 is 36.2 Å². The van der Waals surface area contributed by atoms with Crippen LogP contribution in [-0.2, 0) is 20.5 Å². The molecule has 0 aliphatic heterocycles. The number of ether oxygens (including phenoxy) is 1. The third-order valence-corrected chi connectivity index (χ3v) is 2.60. The van der Waals surface area contributed by atoms with Gasteiger partial charge in [-0.15, -0.1) is 0 Å². The van der Waals surface area contributed by atoms with Crippen molar-refractivity contribution in [2.75, 3.05) is 25.0 Å². The molecule has 0 aliphatic rings. The van der Waals surface area contributed by atoms with Gasteiger partial charge in [0.2, 0.25) is 5.91 Å². The summed E-state index contributed by atoms with van der Waals surface area (Å²) in [4.78, 5) is 33.9. The van der Waals surface area contributed by atoms with Gasteiger partial charge in [0.1, 0.15) is 6.54 Å². The third-order valence-electron chi connectivity index (χ3n) is 2.60. The van der Waals surface area contributed by atoms with Crippen LogP contribution >= 0.6 is 0 Å². The van der Waals surface area contributed by atoms with Gasteiger partial charge >= 0.3 is 18.2 Å². The minimum atomic E-state index is -4.46. The number of hydrogen-bond acceptors (Lipinski definition) is 4. The van der Waals surface area contributed by atoms with Crippen molar-refractivity contribution in [1.82, 2.24) is 10.6 Å². The minimum absolute atomic E-state index is 0.154. The maximum atomic E-state index is 12.4. The molecule has 0 saturated heterocycles. The summed E-state index contributed by atoms with van der Waals surface area (Å²) in [5, 5.41) is 6.69. The molecule has 1 aromatic carbocycles. The molecule has 0 aromatic heterocycles. The molecule has 0 spiro atoms. The highest BCUT2D eigenvalue weighted by Gasteiger charge is 2.29. The van der Waals surface area contributed by atoms with Crippen LogP contribution in [0, 0.1) is 0 Å². The van der Waals surface area contributed by atoms with Gasteiger partial charge in [-0.05, 0) is 31.2 Å². The summed E-state index contributed by atoms with van der Waals surface area (Å²) in [5.74, 6) is -1.26. The van der Waals surface area contributed by atoms with Crippen LogP contribution in [0.4, 0.5) is 23.7 Å². The number of hydrogen-bond donors (Lipinski definition) is 3. The maximum absolute atomic E-state index is 12.4. The second kappa shape index (κ2) is 8.75. The largest absolute Gasteiger partial charge is 0.465 e. The number of carbonyl (C=O) groups is 3. The molecule has 7 nitrogen and oxygen atoms in total. The molecule has 0 saturated carbocycles. The average molecular weight is 347 g/mol. The zero-order chi connectivity index (χ0) is 18.2. The van der Waals surface area contributed by atoms with Crippen LogP contribution in [0.5, 0.6) is 0 Å². The lowest BCUT2D eigenvalue weighted by molar-refractivity contribution is -0.141. The van der Waals surface area contributed by atoms with E-state index in [1.165, 1.54) is 0 Å². The van der Waals surface area contributed by atoms with Crippen molar-refractivity contribution in [3.63, 3.8) is 0 Å². The zero-order valence-electron chi connectivity index (χ0n) is 12.7. The number of alkyl halides is 3. The molecular formula is C14H16F3N3O4. The number of anilines is 1. The van der Waals surface area contributed by atoms with Gasteiger partial charge in [-0.1, -0.05) is 0 Å². The molecular weight excluding hydrogens is 331 g/mol. The Morgan fingerprint density at radius 2 is 1.62 bits per heavy atom. The molecule has 0 bridgehead atoms. The van der Waals surface area contributed by atoms with Crippen molar-refractivity contribution in [3.8, 4) is 0 Å². The van der Waals surface area contributed by atoms with Gasteiger partial charge in [-0.2, -0.15) is 13.2 Å². The van der Waals surface area contributed by atoms with E-state index in [0.717, 1.165) is 24.3 Å². The predicted octanol–water partition coefficient (Wildman–Crippen LogP) is 1.51. The molecule has 3 N–H and O–H groups in total. The van der Waals surface area contributed by atoms with Crippen molar-refractivity contribution in [2.24, 2.45) is 0 Å². The number of carbonyl (C=O) groups excluding carboxylic acids is 3. The van der Waals surface area contributed by atoms with Gasteiger partial charge in [0.25, 0.3) is 0 Å². The highest BCUT2D eigenvalue weighted by Crippen LogP contribution is 2.29. The highest BCUT2D eigenvalue weighted by molar-refractivity contribution is 5.94. The first-order valence-corrected chi connectivity index (χ1v) is 6.86. The SMILES string of the molecule is CCOC(=O)CNC(=O)NCC(=O)Nc1ccc(C(F)(F)F)cc1. The first kappa shape index (κ1) is 19.3. The lowest BCUT2D eigenvalue weighted by Gasteiger charge is -2.10. The average Bonchev–Trinajstić information content (AvgIpc) is 2.51. The number of halogens is 3. The van der Waals surface area contributed by atoms with Crippen molar-refractivity contribution in [1.29, 1.82) is 0 Å². The first-order valence-electron chi connectivity index (χ1n) is 6.86. The van der Waals surface area contributed by atoms with Gasteiger partial charge in [-0.25, -0.2) is 4.79 Å². The fourth-order valence-corrected chi connectivity index (χ4v) is 1.54. The molecule has 24 heavy (non-hydrogen) atoms. The summed E-state index contributed by atoms with van der Waals surface area (Å²) in [6.07, 6.45) is -4.46. The van der Waals surface area contributed by atoms with E-state index in [0.29, 0.717) is 0 Å². The van der Waals surface area contributed by atoms with Crippen LogP contribution in [0.1, 0.15) is 12.5 Å². The van der Waals surface area contributed by atoms with Crippen molar-refractivity contribution >= 4 is 23.6 Å². The zero-order valence-corrected chi connectivity index (χ0v) is 12.7. The predicted molar refractivity (Wildman–Crippen MR) is 78.1 cm³/mol. The molecule has 0 unspecified atom stereocenters. The maximum Gasteiger partial charge on any atom is 0.416 e. The molecule has 10 heteroatoms. The third kappa shape index (κ3) is 6.99. The van der Waals surface area contributed by atoms with Crippen molar-refractivity contribution in [3.05, 3.63) is 29.8 Å². The number of amides is 3. The summed E-state index contributed by atoms with van der Waals surface area (Å²) >= 11 is 0. The Morgan fingerprint density at radius 1 is 1.04 bits per heavy atom. The quantitative estimate of drug-likeness (QED) is 0.680. The Hall–Kier alpha value is -2.78. The van der Waals surface area contributed by atoms with E-state index in [-0.39, 0.29) is 18.8 Å². The lowest BCUT2D eigenvalue weighted by atomic mass is 10.2. The second-order valence-corrected chi connectivity index (χ2v) is 4.46. The van der Waals surface area contributed by atoms with Crippen LogP contribution in [0.3, 0.4) is 0 Å². The molecule has 1 aromatic rings. The van der Waals surface area contributed by atoms with Gasteiger partial charge in [0.05, 0.1) is 18.7 Å². The van der Waals surface area contributed by atoms with Gasteiger partial charge in [0.15, 0.2) is 0 Å². The normalized spacial score (nSPS) is 10.7. The van der Waals surface area contributed by atoms with Crippen LogP contribution < -0.4 is 16.0 Å². The van der Waals surface area contributed by atoms with Gasteiger partial charge < -0.3 is 20.7 Å². The summed E-state index contributed by atoms with van der Waals surface area (Å²) in [5.41, 5.74) is -0.682. The molecule has 0 heterocycles. The van der Waals surface area contributed by atoms with Crippen molar-refractivity contribution in [2.45, 2.75) is 13.1 Å². The minimum Gasteiger partial charge on any atom is -0.465 e. The van der Waals surface area contributed by atoms with Crippen molar-refractivity contribution < 1.29 is 32.3 Å². The summed E-state index contributed by atoms with van der Waals surface area (Å²) in [6, 6.07) is 3.10. The summed E-state index contributed by atoms with van der Waals surface area (Å²) < 4.78 is 41.8. The molecule has 3 amide bonds. The number of nitrogens with one attached hydrogen (secondary N) is 3. The smallest absolute Gasteiger partial charge is 0.416 e. The highest BCUT2D eigenvalue weighted by atomic mass is 19.4. The first-order chi connectivity index (χ1) is 11.2. The monoisotopic (exact) mass is 347 g/mol. The lowest BCUT2D eigenvalue weighted by Crippen LogP contribution is -2.42. The van der Waals surface area contributed by atoms with E-state index in [1.807, 2.05) is 0 Å².